The van der Waals surface area contributed by atoms with Gasteiger partial charge in [0.1, 0.15) is 0 Å². The smallest absolute Gasteiger partial charge is 0.234 e. The Morgan fingerprint density at radius 2 is 1.81 bits per heavy atom. The molecule has 0 aromatic heterocycles. The third-order valence-corrected chi connectivity index (χ3v) is 2.37. The predicted octanol–water partition coefficient (Wildman–Crippen LogP) is 3.57. The first-order valence-electron chi connectivity index (χ1n) is 5.25. The molecule has 4 heteroatoms. The molecule has 4 N–H and O–H groups in total. The highest BCUT2D eigenvalue weighted by Crippen LogP contribution is 2.06. The molecule has 92 valence electrons. The van der Waals surface area contributed by atoms with Crippen LogP contribution in [0.5, 0.6) is 0 Å². The van der Waals surface area contributed by atoms with E-state index in [9.17, 15) is 4.79 Å². The minimum absolute atomic E-state index is 0. The number of carbonyl (C=O) groups is 1. The second-order valence-electron chi connectivity index (χ2n) is 2.55. The standard InChI is InChI=1S/C10H13NOS.C2H6.H3N/c1-2-13-8-10(12)11-9-6-4-3-5-7-9;1-2;/h3-7H,2,8H2,1H3,(H,11,12);1-2H3;1H3. The van der Waals surface area contributed by atoms with Crippen LogP contribution in [0.25, 0.3) is 0 Å². The number of amides is 1. The molecular formula is C12H22N2OS. The molecule has 0 unspecified atom stereocenters. The molecule has 0 atom stereocenters. The summed E-state index contributed by atoms with van der Waals surface area (Å²) in [7, 11) is 0. The average Bonchev–Trinajstić information content (AvgIpc) is 2.30. The first kappa shape index (κ1) is 17.4. The lowest BCUT2D eigenvalue weighted by Gasteiger charge is -2.03. The van der Waals surface area contributed by atoms with Gasteiger partial charge in [0.15, 0.2) is 0 Å². The van der Waals surface area contributed by atoms with Crippen molar-refractivity contribution in [3.05, 3.63) is 30.3 Å². The molecule has 0 heterocycles. The lowest BCUT2D eigenvalue weighted by molar-refractivity contribution is -0.113. The second-order valence-corrected chi connectivity index (χ2v) is 3.83. The van der Waals surface area contributed by atoms with Crippen molar-refractivity contribution in [2.45, 2.75) is 20.8 Å². The Labute approximate surface area is 103 Å². The molecule has 1 amide bonds. The molecule has 0 fully saturated rings. The van der Waals surface area contributed by atoms with Gasteiger partial charge >= 0.3 is 0 Å². The molecule has 1 rings (SSSR count). The van der Waals surface area contributed by atoms with Crippen LogP contribution in [-0.4, -0.2) is 17.4 Å². The van der Waals surface area contributed by atoms with Crippen LogP contribution in [0.2, 0.25) is 0 Å². The van der Waals surface area contributed by atoms with Crippen LogP contribution in [0.1, 0.15) is 20.8 Å². The van der Waals surface area contributed by atoms with E-state index in [1.54, 1.807) is 11.8 Å². The van der Waals surface area contributed by atoms with Crippen molar-refractivity contribution in [2.24, 2.45) is 0 Å². The molecule has 0 aliphatic rings. The Balaban J connectivity index is 0. The Morgan fingerprint density at radius 1 is 1.25 bits per heavy atom. The summed E-state index contributed by atoms with van der Waals surface area (Å²) in [5, 5.41) is 2.82. The topological polar surface area (TPSA) is 64.1 Å². The van der Waals surface area contributed by atoms with Crippen LogP contribution in [-0.2, 0) is 4.79 Å². The zero-order valence-electron chi connectivity index (χ0n) is 10.3. The predicted molar refractivity (Wildman–Crippen MR) is 74.4 cm³/mol. The summed E-state index contributed by atoms with van der Waals surface area (Å²) < 4.78 is 0. The maximum absolute atomic E-state index is 11.2. The van der Waals surface area contributed by atoms with Crippen LogP contribution in [0.15, 0.2) is 30.3 Å². The fraction of sp³-hybridized carbons (Fsp3) is 0.417. The lowest BCUT2D eigenvalue weighted by atomic mass is 10.3. The van der Waals surface area contributed by atoms with E-state index < -0.39 is 0 Å². The molecular weight excluding hydrogens is 220 g/mol. The summed E-state index contributed by atoms with van der Waals surface area (Å²) in [6.07, 6.45) is 0. The Kier molecular flexibility index (Phi) is 13.1. The summed E-state index contributed by atoms with van der Waals surface area (Å²) in [4.78, 5) is 11.2. The monoisotopic (exact) mass is 242 g/mol. The molecule has 0 aliphatic carbocycles. The SMILES string of the molecule is CC.CCSCC(=O)Nc1ccccc1.N. The molecule has 3 nitrogen and oxygen atoms in total. The van der Waals surface area contributed by atoms with Crippen molar-refractivity contribution in [3.8, 4) is 0 Å². The third kappa shape index (κ3) is 8.32. The van der Waals surface area contributed by atoms with Gasteiger partial charge in [-0.05, 0) is 17.9 Å². The number of carbonyl (C=O) groups excluding carboxylic acids is 1. The summed E-state index contributed by atoms with van der Waals surface area (Å²) in [5.41, 5.74) is 0.865. The summed E-state index contributed by atoms with van der Waals surface area (Å²) >= 11 is 1.62. The number of thioether (sulfide) groups is 1. The van der Waals surface area contributed by atoms with Gasteiger partial charge in [-0.25, -0.2) is 0 Å². The van der Waals surface area contributed by atoms with E-state index in [-0.39, 0.29) is 12.1 Å². The van der Waals surface area contributed by atoms with Crippen molar-refractivity contribution in [3.63, 3.8) is 0 Å². The van der Waals surface area contributed by atoms with Gasteiger partial charge in [0, 0.05) is 5.69 Å². The number of rotatable bonds is 4. The molecule has 0 bridgehead atoms. The second kappa shape index (κ2) is 12.1. The van der Waals surface area contributed by atoms with Gasteiger partial charge in [-0.15, -0.1) is 0 Å². The minimum atomic E-state index is 0. The van der Waals surface area contributed by atoms with Gasteiger partial charge in [0.25, 0.3) is 0 Å². The van der Waals surface area contributed by atoms with Gasteiger partial charge in [-0.2, -0.15) is 11.8 Å². The van der Waals surface area contributed by atoms with Crippen LogP contribution in [0, 0.1) is 0 Å². The van der Waals surface area contributed by atoms with Crippen molar-refractivity contribution in [1.82, 2.24) is 6.15 Å². The normalized spacial score (nSPS) is 8.19. The zero-order chi connectivity index (χ0) is 11.5. The Hall–Kier alpha value is -1.00. The molecule has 1 aromatic carbocycles. The highest BCUT2D eigenvalue weighted by atomic mass is 32.2. The third-order valence-electron chi connectivity index (χ3n) is 1.49. The largest absolute Gasteiger partial charge is 0.344 e. The lowest BCUT2D eigenvalue weighted by Crippen LogP contribution is -2.13. The van der Waals surface area contributed by atoms with Gasteiger partial charge in [-0.3, -0.25) is 4.79 Å². The van der Waals surface area contributed by atoms with Crippen molar-refractivity contribution in [1.29, 1.82) is 0 Å². The van der Waals surface area contributed by atoms with Crippen LogP contribution in [0.3, 0.4) is 0 Å². The van der Waals surface area contributed by atoms with Gasteiger partial charge in [0.2, 0.25) is 5.91 Å². The van der Waals surface area contributed by atoms with E-state index in [1.165, 1.54) is 0 Å². The number of anilines is 1. The van der Waals surface area contributed by atoms with Crippen molar-refractivity contribution in [2.75, 3.05) is 16.8 Å². The van der Waals surface area contributed by atoms with E-state index >= 15 is 0 Å². The molecule has 0 aliphatic heterocycles. The van der Waals surface area contributed by atoms with Gasteiger partial charge < -0.3 is 11.5 Å². The molecule has 0 saturated carbocycles. The molecule has 0 radical (unpaired) electrons. The van der Waals surface area contributed by atoms with Crippen LogP contribution < -0.4 is 11.5 Å². The zero-order valence-corrected chi connectivity index (χ0v) is 11.1. The summed E-state index contributed by atoms with van der Waals surface area (Å²) in [6, 6.07) is 9.50. The summed E-state index contributed by atoms with van der Waals surface area (Å²) in [6.45, 7) is 6.04. The van der Waals surface area contributed by atoms with E-state index in [4.69, 9.17) is 0 Å². The van der Waals surface area contributed by atoms with Gasteiger partial charge in [-0.1, -0.05) is 39.0 Å². The van der Waals surface area contributed by atoms with Gasteiger partial charge in [0.05, 0.1) is 5.75 Å². The Bertz CT molecular complexity index is 265. The first-order chi connectivity index (χ1) is 7.33. The van der Waals surface area contributed by atoms with E-state index in [1.807, 2.05) is 51.1 Å². The molecule has 16 heavy (non-hydrogen) atoms. The number of hydrogen-bond donors (Lipinski definition) is 2. The number of benzene rings is 1. The Morgan fingerprint density at radius 3 is 2.31 bits per heavy atom. The quantitative estimate of drug-likeness (QED) is 0.848. The van der Waals surface area contributed by atoms with E-state index in [0.29, 0.717) is 5.75 Å². The van der Waals surface area contributed by atoms with Crippen molar-refractivity contribution >= 4 is 23.4 Å². The first-order valence-corrected chi connectivity index (χ1v) is 6.41. The molecule has 0 spiro atoms. The minimum Gasteiger partial charge on any atom is -0.344 e. The van der Waals surface area contributed by atoms with E-state index in [2.05, 4.69) is 5.32 Å². The number of para-hydroxylation sites is 1. The maximum Gasteiger partial charge on any atom is 0.234 e. The van der Waals surface area contributed by atoms with Crippen molar-refractivity contribution < 1.29 is 4.79 Å². The molecule has 1 aromatic rings. The number of nitrogens with one attached hydrogen (secondary N) is 1. The fourth-order valence-corrected chi connectivity index (χ4v) is 1.38. The molecule has 0 saturated heterocycles. The summed E-state index contributed by atoms with van der Waals surface area (Å²) in [5.74, 6) is 1.58. The maximum atomic E-state index is 11.2. The van der Waals surface area contributed by atoms with Crippen LogP contribution >= 0.6 is 11.8 Å². The number of hydrogen-bond acceptors (Lipinski definition) is 3. The fourth-order valence-electron chi connectivity index (χ4n) is 0.913. The highest BCUT2D eigenvalue weighted by Gasteiger charge is 1.99. The highest BCUT2D eigenvalue weighted by molar-refractivity contribution is 7.99. The van der Waals surface area contributed by atoms with Crippen LogP contribution in [0.4, 0.5) is 5.69 Å². The van der Waals surface area contributed by atoms with E-state index in [0.717, 1.165) is 11.4 Å². The average molecular weight is 242 g/mol.